The molecule has 0 saturated carbocycles. The monoisotopic (exact) mass is 437 g/mol. The lowest BCUT2D eigenvalue weighted by Gasteiger charge is -2.12. The molecule has 0 spiro atoms. The Hall–Kier alpha value is -3.85. The summed E-state index contributed by atoms with van der Waals surface area (Å²) in [6.07, 6.45) is 0. The van der Waals surface area contributed by atoms with Crippen LogP contribution in [0.2, 0.25) is 0 Å². The Labute approximate surface area is 179 Å². The summed E-state index contributed by atoms with van der Waals surface area (Å²) in [4.78, 5) is 33.5. The number of aryl methyl sites for hydroxylation is 2. The molecule has 0 atom stereocenters. The minimum atomic E-state index is -1.24. The van der Waals surface area contributed by atoms with Gasteiger partial charge in [-0.15, -0.1) is 11.3 Å². The second-order valence-corrected chi connectivity index (χ2v) is 8.08. The van der Waals surface area contributed by atoms with E-state index in [9.17, 15) is 24.2 Å². The quantitative estimate of drug-likeness (QED) is 0.391. The third-order valence-corrected chi connectivity index (χ3v) is 5.66. The van der Waals surface area contributed by atoms with Crippen molar-refractivity contribution in [1.82, 2.24) is 9.97 Å². The van der Waals surface area contributed by atoms with Gasteiger partial charge in [0.1, 0.15) is 22.3 Å². The highest BCUT2D eigenvalue weighted by atomic mass is 32.1. The number of carbonyl (C=O) groups is 2. The van der Waals surface area contributed by atoms with Crippen molar-refractivity contribution >= 4 is 45.0 Å². The van der Waals surface area contributed by atoms with Gasteiger partial charge in [-0.3, -0.25) is 0 Å². The van der Waals surface area contributed by atoms with Gasteiger partial charge in [0.25, 0.3) is 0 Å². The highest BCUT2D eigenvalue weighted by molar-refractivity contribution is 7.19. The van der Waals surface area contributed by atoms with Crippen molar-refractivity contribution in [3.8, 4) is 11.1 Å². The minimum absolute atomic E-state index is 0.162. The van der Waals surface area contributed by atoms with Crippen LogP contribution in [0.4, 0.5) is 15.9 Å². The molecule has 2 aromatic carbocycles. The lowest BCUT2D eigenvalue weighted by atomic mass is 10.0. The van der Waals surface area contributed by atoms with Gasteiger partial charge < -0.3 is 15.5 Å². The normalized spacial score (nSPS) is 10.9. The summed E-state index contributed by atoms with van der Waals surface area (Å²) in [5, 5.41) is 22.4. The van der Waals surface area contributed by atoms with Crippen LogP contribution in [-0.2, 0) is 0 Å². The molecule has 0 aliphatic carbocycles. The highest BCUT2D eigenvalue weighted by Gasteiger charge is 2.19. The maximum absolute atomic E-state index is 13.4. The molecule has 7 nitrogen and oxygen atoms in total. The number of carboxylic acids is 2. The minimum Gasteiger partial charge on any atom is -0.478 e. The SMILES string of the molecule is Cc1nc(Nc2cc(C(=O)O)cc(C(=O)O)c2)c2c(-c3ccc(F)cc3)c(C)sc2n1. The predicted molar refractivity (Wildman–Crippen MR) is 116 cm³/mol. The van der Waals surface area contributed by atoms with Crippen molar-refractivity contribution in [3.05, 3.63) is 70.1 Å². The van der Waals surface area contributed by atoms with Gasteiger partial charge in [0.15, 0.2) is 0 Å². The summed E-state index contributed by atoms with van der Waals surface area (Å²) < 4.78 is 13.4. The number of anilines is 2. The van der Waals surface area contributed by atoms with E-state index >= 15 is 0 Å². The topological polar surface area (TPSA) is 112 Å². The molecule has 0 bridgehead atoms. The van der Waals surface area contributed by atoms with Crippen molar-refractivity contribution in [3.63, 3.8) is 0 Å². The molecule has 0 saturated heterocycles. The van der Waals surface area contributed by atoms with E-state index in [1.807, 2.05) is 6.92 Å². The molecule has 0 amide bonds. The summed E-state index contributed by atoms with van der Waals surface area (Å²) in [6, 6.07) is 9.85. The van der Waals surface area contributed by atoms with Crippen LogP contribution in [0.25, 0.3) is 21.3 Å². The number of nitrogens with zero attached hydrogens (tertiary/aromatic N) is 2. The van der Waals surface area contributed by atoms with Crippen molar-refractivity contribution in [2.24, 2.45) is 0 Å². The van der Waals surface area contributed by atoms with E-state index in [-0.39, 0.29) is 22.6 Å². The molecule has 2 aromatic heterocycles. The standard InChI is InChI=1S/C22H16FN3O4S/c1-10-17(12-3-5-15(23)6-4-12)18-19(24-11(2)25-20(18)31-10)26-16-8-13(21(27)28)7-14(9-16)22(29)30/h3-9H,1-2H3,(H,27,28)(H,29,30)(H,24,25,26). The maximum atomic E-state index is 13.4. The third-order valence-electron chi connectivity index (χ3n) is 4.66. The van der Waals surface area contributed by atoms with Crippen molar-refractivity contribution in [1.29, 1.82) is 0 Å². The molecule has 0 unspecified atom stereocenters. The van der Waals surface area contributed by atoms with Crippen molar-refractivity contribution in [2.45, 2.75) is 13.8 Å². The van der Waals surface area contributed by atoms with Crippen LogP contribution < -0.4 is 5.32 Å². The number of hydrogen-bond acceptors (Lipinski definition) is 6. The molecule has 9 heteroatoms. The average Bonchev–Trinajstić information content (AvgIpc) is 3.04. The molecular weight excluding hydrogens is 421 g/mol. The fraction of sp³-hybridized carbons (Fsp3) is 0.0909. The Kier molecular flexibility index (Phi) is 5.12. The van der Waals surface area contributed by atoms with Gasteiger partial charge in [-0.1, -0.05) is 12.1 Å². The highest BCUT2D eigenvalue weighted by Crippen LogP contribution is 2.41. The Bertz CT molecular complexity index is 1320. The van der Waals surface area contributed by atoms with E-state index in [0.29, 0.717) is 21.9 Å². The van der Waals surface area contributed by atoms with E-state index in [4.69, 9.17) is 0 Å². The number of aromatic carboxylic acids is 2. The predicted octanol–water partition coefficient (Wildman–Crippen LogP) is 5.25. The largest absolute Gasteiger partial charge is 0.478 e. The van der Waals surface area contributed by atoms with Gasteiger partial charge in [-0.2, -0.15) is 0 Å². The number of nitrogens with one attached hydrogen (secondary N) is 1. The molecule has 0 radical (unpaired) electrons. The van der Waals surface area contributed by atoms with Crippen molar-refractivity contribution < 1.29 is 24.2 Å². The molecule has 156 valence electrons. The van der Waals surface area contributed by atoms with Gasteiger partial charge in [0.05, 0.1) is 16.5 Å². The number of fused-ring (bicyclic) bond motifs is 1. The van der Waals surface area contributed by atoms with Crippen LogP contribution in [0.5, 0.6) is 0 Å². The molecule has 4 rings (SSSR count). The average molecular weight is 437 g/mol. The lowest BCUT2D eigenvalue weighted by molar-refractivity contribution is 0.0696. The number of aromatic nitrogens is 2. The molecule has 3 N–H and O–H groups in total. The Morgan fingerprint density at radius 1 is 0.968 bits per heavy atom. The number of hydrogen-bond donors (Lipinski definition) is 3. The molecule has 0 aliphatic rings. The molecule has 0 aliphatic heterocycles. The smallest absolute Gasteiger partial charge is 0.335 e. The second-order valence-electron chi connectivity index (χ2n) is 6.87. The Morgan fingerprint density at radius 2 is 1.58 bits per heavy atom. The second kappa shape index (κ2) is 7.77. The molecular formula is C22H16FN3O4S. The fourth-order valence-electron chi connectivity index (χ4n) is 3.36. The summed E-state index contributed by atoms with van der Waals surface area (Å²) in [7, 11) is 0. The molecule has 4 aromatic rings. The first-order valence-electron chi connectivity index (χ1n) is 9.15. The fourth-order valence-corrected chi connectivity index (χ4v) is 4.45. The zero-order chi connectivity index (χ0) is 22.3. The number of thiophene rings is 1. The van der Waals surface area contributed by atoms with Gasteiger partial charge in [0, 0.05) is 16.1 Å². The summed E-state index contributed by atoms with van der Waals surface area (Å²) >= 11 is 1.46. The summed E-state index contributed by atoms with van der Waals surface area (Å²) in [5.41, 5.74) is 1.56. The van der Waals surface area contributed by atoms with Crippen LogP contribution in [-0.4, -0.2) is 32.1 Å². The van der Waals surface area contributed by atoms with Crippen molar-refractivity contribution in [2.75, 3.05) is 5.32 Å². The number of benzene rings is 2. The number of carboxylic acid groups (broad SMARTS) is 2. The first-order chi connectivity index (χ1) is 14.7. The first kappa shape index (κ1) is 20.4. The van der Waals surface area contributed by atoms with Crippen LogP contribution >= 0.6 is 11.3 Å². The Balaban J connectivity index is 1.91. The van der Waals surface area contributed by atoms with E-state index in [1.165, 1.54) is 35.6 Å². The Morgan fingerprint density at radius 3 is 2.16 bits per heavy atom. The van der Waals surface area contributed by atoms with Gasteiger partial charge in [-0.05, 0) is 49.7 Å². The zero-order valence-corrected chi connectivity index (χ0v) is 17.2. The molecule has 31 heavy (non-hydrogen) atoms. The van der Waals surface area contributed by atoms with Gasteiger partial charge in [-0.25, -0.2) is 23.9 Å². The molecule has 2 heterocycles. The van der Waals surface area contributed by atoms with Crippen LogP contribution in [0.15, 0.2) is 42.5 Å². The number of rotatable bonds is 5. The van der Waals surface area contributed by atoms with E-state index in [0.717, 1.165) is 22.1 Å². The summed E-state index contributed by atoms with van der Waals surface area (Å²) in [6.45, 7) is 3.66. The van der Waals surface area contributed by atoms with Gasteiger partial charge >= 0.3 is 11.9 Å². The lowest BCUT2D eigenvalue weighted by Crippen LogP contribution is -2.05. The third kappa shape index (κ3) is 3.95. The van der Waals surface area contributed by atoms with Gasteiger partial charge in [0.2, 0.25) is 0 Å². The van der Waals surface area contributed by atoms with E-state index in [1.54, 1.807) is 19.1 Å². The van der Waals surface area contributed by atoms with E-state index in [2.05, 4.69) is 15.3 Å². The summed E-state index contributed by atoms with van der Waals surface area (Å²) in [5.74, 6) is -1.93. The van der Waals surface area contributed by atoms with Crippen LogP contribution in [0.3, 0.4) is 0 Å². The molecule has 0 fully saturated rings. The zero-order valence-electron chi connectivity index (χ0n) is 16.4. The van der Waals surface area contributed by atoms with Crippen LogP contribution in [0.1, 0.15) is 31.4 Å². The maximum Gasteiger partial charge on any atom is 0.335 e. The van der Waals surface area contributed by atoms with E-state index < -0.39 is 11.9 Å². The van der Waals surface area contributed by atoms with Crippen LogP contribution in [0, 0.1) is 19.7 Å². The first-order valence-corrected chi connectivity index (χ1v) is 9.97. The number of halogens is 1.